The molecule has 2 aromatic rings. The van der Waals surface area contributed by atoms with Gasteiger partial charge < -0.3 is 19.9 Å². The van der Waals surface area contributed by atoms with E-state index in [1.54, 1.807) is 6.33 Å². The van der Waals surface area contributed by atoms with E-state index >= 15 is 0 Å². The molecule has 0 aliphatic carbocycles. The Labute approximate surface area is 184 Å². The molecule has 1 N–H and O–H groups in total. The van der Waals surface area contributed by atoms with Gasteiger partial charge in [0.05, 0.1) is 12.2 Å². The molecule has 2 fully saturated rings. The van der Waals surface area contributed by atoms with Gasteiger partial charge >= 0.3 is 0 Å². The molecule has 31 heavy (non-hydrogen) atoms. The number of carbonyl (C=O) groups excluding carboxylic acids is 1. The highest BCUT2D eigenvalue weighted by Gasteiger charge is 2.26. The summed E-state index contributed by atoms with van der Waals surface area (Å²) < 4.78 is 5.73. The molecule has 2 saturated heterocycles. The number of anilines is 2. The summed E-state index contributed by atoms with van der Waals surface area (Å²) in [5, 5.41) is 3.39. The van der Waals surface area contributed by atoms with Crippen LogP contribution in [0.5, 0.6) is 0 Å². The van der Waals surface area contributed by atoms with E-state index in [4.69, 9.17) is 4.74 Å². The average Bonchev–Trinajstić information content (AvgIpc) is 2.77. The zero-order chi connectivity index (χ0) is 21.8. The van der Waals surface area contributed by atoms with Crippen LogP contribution in [-0.4, -0.2) is 59.2 Å². The molecule has 1 aromatic carbocycles. The highest BCUT2D eigenvalue weighted by molar-refractivity contribution is 5.94. The number of rotatable bonds is 5. The topological polar surface area (TPSA) is 70.6 Å². The SMILES string of the molecule is CC1CCCN(c2cc(NCc3ccc(C(=O)N4CC(C)OC(C)C4)cc3)ncn2)C1. The maximum Gasteiger partial charge on any atom is 0.254 e. The number of hydrogen-bond donors (Lipinski definition) is 1. The number of morpholine rings is 1. The summed E-state index contributed by atoms with van der Waals surface area (Å²) >= 11 is 0. The normalized spacial score (nSPS) is 24.2. The molecule has 166 valence electrons. The first-order valence-corrected chi connectivity index (χ1v) is 11.3. The molecule has 2 aliphatic rings. The Morgan fingerprint density at radius 1 is 1.10 bits per heavy atom. The second kappa shape index (κ2) is 9.64. The van der Waals surface area contributed by atoms with Crippen molar-refractivity contribution < 1.29 is 9.53 Å². The van der Waals surface area contributed by atoms with Crippen molar-refractivity contribution in [3.63, 3.8) is 0 Å². The fourth-order valence-corrected chi connectivity index (χ4v) is 4.50. The van der Waals surface area contributed by atoms with Crippen molar-refractivity contribution in [2.45, 2.75) is 52.4 Å². The molecule has 0 bridgehead atoms. The minimum atomic E-state index is 0.0673. The number of ether oxygens (including phenoxy) is 1. The van der Waals surface area contributed by atoms with Crippen LogP contribution in [0.2, 0.25) is 0 Å². The van der Waals surface area contributed by atoms with Crippen molar-refractivity contribution in [1.82, 2.24) is 14.9 Å². The van der Waals surface area contributed by atoms with Gasteiger partial charge in [-0.05, 0) is 50.3 Å². The van der Waals surface area contributed by atoms with E-state index in [9.17, 15) is 4.79 Å². The van der Waals surface area contributed by atoms with E-state index in [-0.39, 0.29) is 18.1 Å². The molecule has 3 heterocycles. The maximum absolute atomic E-state index is 12.8. The van der Waals surface area contributed by atoms with Gasteiger partial charge in [-0.15, -0.1) is 0 Å². The van der Waals surface area contributed by atoms with Crippen molar-refractivity contribution >= 4 is 17.5 Å². The fraction of sp³-hybridized carbons (Fsp3) is 0.542. The van der Waals surface area contributed by atoms with Gasteiger partial charge in [-0.3, -0.25) is 4.79 Å². The Morgan fingerprint density at radius 3 is 2.55 bits per heavy atom. The molecule has 7 heteroatoms. The smallest absolute Gasteiger partial charge is 0.254 e. The zero-order valence-electron chi connectivity index (χ0n) is 18.8. The molecule has 3 unspecified atom stereocenters. The standard InChI is InChI=1S/C24H33N5O2/c1-17-5-4-10-28(13-17)23-11-22(26-16-27-23)25-12-20-6-8-21(9-7-20)24(30)29-14-18(2)31-19(3)15-29/h6-9,11,16-19H,4-5,10,12-15H2,1-3H3,(H,25,26,27). The number of aromatic nitrogens is 2. The van der Waals surface area contributed by atoms with Gasteiger partial charge in [0.15, 0.2) is 0 Å². The van der Waals surface area contributed by atoms with Crippen molar-refractivity contribution in [3.8, 4) is 0 Å². The van der Waals surface area contributed by atoms with Crippen molar-refractivity contribution in [3.05, 3.63) is 47.8 Å². The molecule has 2 aliphatic heterocycles. The lowest BCUT2D eigenvalue weighted by Crippen LogP contribution is -2.48. The number of hydrogen-bond acceptors (Lipinski definition) is 6. The Bertz CT molecular complexity index is 878. The zero-order valence-corrected chi connectivity index (χ0v) is 18.8. The molecule has 3 atom stereocenters. The van der Waals surface area contributed by atoms with E-state index in [0.29, 0.717) is 31.1 Å². The lowest BCUT2D eigenvalue weighted by Gasteiger charge is -2.35. The molecule has 0 spiro atoms. The number of piperidine rings is 1. The number of amides is 1. The maximum atomic E-state index is 12.8. The van der Waals surface area contributed by atoms with Gasteiger partial charge in [-0.25, -0.2) is 9.97 Å². The van der Waals surface area contributed by atoms with Crippen LogP contribution in [-0.2, 0) is 11.3 Å². The Hall–Kier alpha value is -2.67. The molecular formula is C24H33N5O2. The van der Waals surface area contributed by atoms with Crippen molar-refractivity contribution in [1.29, 1.82) is 0 Å². The third-order valence-electron chi connectivity index (χ3n) is 6.01. The van der Waals surface area contributed by atoms with E-state index in [1.807, 2.05) is 49.1 Å². The van der Waals surface area contributed by atoms with Crippen molar-refractivity contribution in [2.24, 2.45) is 5.92 Å². The van der Waals surface area contributed by atoms with Crippen LogP contribution in [0.25, 0.3) is 0 Å². The number of nitrogens with zero attached hydrogens (tertiary/aromatic N) is 4. The van der Waals surface area contributed by atoms with Crippen LogP contribution in [0.15, 0.2) is 36.7 Å². The molecular weight excluding hydrogens is 390 g/mol. The Kier molecular flexibility index (Phi) is 6.70. The predicted molar refractivity (Wildman–Crippen MR) is 122 cm³/mol. The second-order valence-electron chi connectivity index (χ2n) is 8.97. The quantitative estimate of drug-likeness (QED) is 0.793. The van der Waals surface area contributed by atoms with Crippen LogP contribution in [0.3, 0.4) is 0 Å². The van der Waals surface area contributed by atoms with E-state index in [1.165, 1.54) is 12.8 Å². The summed E-state index contributed by atoms with van der Waals surface area (Å²) in [5.41, 5.74) is 1.82. The highest BCUT2D eigenvalue weighted by Crippen LogP contribution is 2.22. The largest absolute Gasteiger partial charge is 0.372 e. The fourth-order valence-electron chi connectivity index (χ4n) is 4.50. The van der Waals surface area contributed by atoms with E-state index < -0.39 is 0 Å². The summed E-state index contributed by atoms with van der Waals surface area (Å²) in [6, 6.07) is 9.84. The van der Waals surface area contributed by atoms with Gasteiger partial charge in [0.1, 0.15) is 18.0 Å². The Balaban J connectivity index is 1.34. The molecule has 0 saturated carbocycles. The minimum absolute atomic E-state index is 0.0673. The van der Waals surface area contributed by atoms with Crippen LogP contribution in [0.4, 0.5) is 11.6 Å². The lowest BCUT2D eigenvalue weighted by molar-refractivity contribution is -0.0586. The van der Waals surface area contributed by atoms with Gasteiger partial charge in [-0.1, -0.05) is 19.1 Å². The number of carbonyl (C=O) groups is 1. The second-order valence-corrected chi connectivity index (χ2v) is 8.97. The first kappa shape index (κ1) is 21.6. The van der Waals surface area contributed by atoms with Crippen molar-refractivity contribution in [2.75, 3.05) is 36.4 Å². The molecule has 7 nitrogen and oxygen atoms in total. The van der Waals surface area contributed by atoms with E-state index in [0.717, 1.165) is 30.3 Å². The van der Waals surface area contributed by atoms with Crippen LogP contribution < -0.4 is 10.2 Å². The monoisotopic (exact) mass is 423 g/mol. The first-order valence-electron chi connectivity index (χ1n) is 11.3. The Morgan fingerprint density at radius 2 is 1.84 bits per heavy atom. The summed E-state index contributed by atoms with van der Waals surface area (Å²) in [6.45, 7) is 10.3. The highest BCUT2D eigenvalue weighted by atomic mass is 16.5. The number of nitrogens with one attached hydrogen (secondary N) is 1. The molecule has 4 rings (SSSR count). The third kappa shape index (κ3) is 5.53. The van der Waals surface area contributed by atoms with Gasteiger partial charge in [-0.2, -0.15) is 0 Å². The number of benzene rings is 1. The third-order valence-corrected chi connectivity index (χ3v) is 6.01. The van der Waals surface area contributed by atoms with Gasteiger partial charge in [0.2, 0.25) is 0 Å². The average molecular weight is 424 g/mol. The summed E-state index contributed by atoms with van der Waals surface area (Å²) in [5.74, 6) is 2.57. The minimum Gasteiger partial charge on any atom is -0.372 e. The van der Waals surface area contributed by atoms with E-state index in [2.05, 4.69) is 27.1 Å². The molecule has 0 radical (unpaired) electrons. The summed E-state index contributed by atoms with van der Waals surface area (Å²) in [4.78, 5) is 25.9. The molecule has 1 amide bonds. The predicted octanol–water partition coefficient (Wildman–Crippen LogP) is 3.57. The van der Waals surface area contributed by atoms with Gasteiger partial charge in [0, 0.05) is 44.4 Å². The van der Waals surface area contributed by atoms with Crippen LogP contribution in [0, 0.1) is 5.92 Å². The summed E-state index contributed by atoms with van der Waals surface area (Å²) in [6.07, 6.45) is 4.27. The first-order chi connectivity index (χ1) is 15.0. The summed E-state index contributed by atoms with van der Waals surface area (Å²) in [7, 11) is 0. The lowest BCUT2D eigenvalue weighted by atomic mass is 10.0. The van der Waals surface area contributed by atoms with Crippen LogP contribution >= 0.6 is 0 Å². The van der Waals surface area contributed by atoms with Crippen LogP contribution in [0.1, 0.15) is 49.5 Å². The van der Waals surface area contributed by atoms with Gasteiger partial charge in [0.25, 0.3) is 5.91 Å². The molecule has 1 aromatic heterocycles.